The summed E-state index contributed by atoms with van der Waals surface area (Å²) >= 11 is 6.37. The Labute approximate surface area is 167 Å². The molecule has 0 spiro atoms. The highest BCUT2D eigenvalue weighted by Gasteiger charge is 2.14. The Morgan fingerprint density at radius 2 is 1.96 bits per heavy atom. The van der Waals surface area contributed by atoms with E-state index in [1.165, 1.54) is 0 Å². The molecule has 2 aromatic heterocycles. The van der Waals surface area contributed by atoms with Gasteiger partial charge in [-0.05, 0) is 35.7 Å². The van der Waals surface area contributed by atoms with Crippen LogP contribution >= 0.6 is 11.6 Å². The molecule has 0 amide bonds. The summed E-state index contributed by atoms with van der Waals surface area (Å²) in [6.07, 6.45) is 1.14. The monoisotopic (exact) mass is 395 g/mol. The summed E-state index contributed by atoms with van der Waals surface area (Å²) in [5.41, 5.74) is 5.30. The summed E-state index contributed by atoms with van der Waals surface area (Å²) in [5, 5.41) is 7.57. The van der Waals surface area contributed by atoms with Crippen molar-refractivity contribution >= 4 is 34.3 Å². The summed E-state index contributed by atoms with van der Waals surface area (Å²) in [6, 6.07) is 14.0. The summed E-state index contributed by atoms with van der Waals surface area (Å²) < 4.78 is 13.6. The van der Waals surface area contributed by atoms with E-state index in [1.54, 1.807) is 7.05 Å². The van der Waals surface area contributed by atoms with Gasteiger partial charge in [0, 0.05) is 29.7 Å². The maximum atomic E-state index is 13.6. The summed E-state index contributed by atoms with van der Waals surface area (Å²) in [4.78, 5) is 11.7. The van der Waals surface area contributed by atoms with E-state index < -0.39 is 5.82 Å². The van der Waals surface area contributed by atoms with Gasteiger partial charge in [0.1, 0.15) is 0 Å². The van der Waals surface area contributed by atoms with Gasteiger partial charge in [-0.1, -0.05) is 41.9 Å². The van der Waals surface area contributed by atoms with E-state index in [2.05, 4.69) is 44.6 Å². The quantitative estimate of drug-likeness (QED) is 0.424. The van der Waals surface area contributed by atoms with Crippen LogP contribution in [0.3, 0.4) is 0 Å². The third kappa shape index (κ3) is 3.39. The van der Waals surface area contributed by atoms with Crippen molar-refractivity contribution in [2.45, 2.75) is 13.5 Å². The minimum Gasteiger partial charge on any atom is -0.371 e. The van der Waals surface area contributed by atoms with Crippen molar-refractivity contribution in [2.24, 2.45) is 0 Å². The van der Waals surface area contributed by atoms with Crippen LogP contribution in [0.2, 0.25) is 5.02 Å². The van der Waals surface area contributed by atoms with Crippen molar-refractivity contribution in [3.63, 3.8) is 0 Å². The van der Waals surface area contributed by atoms with Gasteiger partial charge in [0.25, 0.3) is 0 Å². The molecule has 7 heteroatoms. The van der Waals surface area contributed by atoms with Gasteiger partial charge < -0.3 is 15.6 Å². The first-order valence-corrected chi connectivity index (χ1v) is 9.25. The van der Waals surface area contributed by atoms with Crippen LogP contribution in [0.1, 0.15) is 11.1 Å². The van der Waals surface area contributed by atoms with Gasteiger partial charge in [0.2, 0.25) is 5.95 Å². The number of aromatic nitrogens is 3. The van der Waals surface area contributed by atoms with Gasteiger partial charge in [-0.15, -0.1) is 0 Å². The number of halogens is 2. The van der Waals surface area contributed by atoms with Gasteiger partial charge >= 0.3 is 0 Å². The van der Waals surface area contributed by atoms with Crippen LogP contribution in [0.5, 0.6) is 0 Å². The van der Waals surface area contributed by atoms with E-state index in [4.69, 9.17) is 11.6 Å². The number of aromatic amines is 1. The molecule has 0 unspecified atom stereocenters. The Morgan fingerprint density at radius 3 is 2.71 bits per heavy atom. The van der Waals surface area contributed by atoms with Crippen LogP contribution in [-0.2, 0) is 6.54 Å². The number of H-pyrrole nitrogens is 1. The standard InChI is InChI=1S/C21H19ClFN5/c1-12-16-9-15(22)8-14(10-25-21-26-11-17(23)20(24-2)28-21)19(16)27-18(12)13-6-4-3-5-7-13/h3-9,11,27H,10H2,1-2H3,(H2,24,25,26,28). The molecule has 4 aromatic rings. The molecule has 3 N–H and O–H groups in total. The Hall–Kier alpha value is -3.12. The SMILES string of the molecule is CNc1nc(NCc2cc(Cl)cc3c(C)c(-c4ccccc4)[nH]c23)ncc1F. The lowest BCUT2D eigenvalue weighted by molar-refractivity contribution is 0.618. The molecule has 0 fully saturated rings. The fourth-order valence-corrected chi connectivity index (χ4v) is 3.54. The van der Waals surface area contributed by atoms with Crippen molar-refractivity contribution < 1.29 is 4.39 Å². The molecule has 5 nitrogen and oxygen atoms in total. The van der Waals surface area contributed by atoms with Crippen molar-refractivity contribution in [3.8, 4) is 11.3 Å². The predicted molar refractivity (Wildman–Crippen MR) is 112 cm³/mol. The molecule has 0 radical (unpaired) electrons. The topological polar surface area (TPSA) is 65.6 Å². The first kappa shape index (κ1) is 18.3. The van der Waals surface area contributed by atoms with Gasteiger partial charge in [0.15, 0.2) is 11.6 Å². The van der Waals surface area contributed by atoms with Crippen molar-refractivity contribution in [2.75, 3.05) is 17.7 Å². The molecule has 4 rings (SSSR count). The zero-order chi connectivity index (χ0) is 19.7. The first-order chi connectivity index (χ1) is 13.6. The van der Waals surface area contributed by atoms with E-state index in [9.17, 15) is 4.39 Å². The Morgan fingerprint density at radius 1 is 1.18 bits per heavy atom. The second-order valence-electron chi connectivity index (χ2n) is 6.47. The molecular formula is C21H19ClFN5. The third-order valence-electron chi connectivity index (χ3n) is 4.69. The first-order valence-electron chi connectivity index (χ1n) is 8.87. The molecule has 0 aliphatic heterocycles. The van der Waals surface area contributed by atoms with Crippen LogP contribution in [0.4, 0.5) is 16.2 Å². The normalized spacial score (nSPS) is 11.0. The minimum atomic E-state index is -0.495. The van der Waals surface area contributed by atoms with Gasteiger partial charge in [-0.2, -0.15) is 4.98 Å². The van der Waals surface area contributed by atoms with Crippen LogP contribution in [-0.4, -0.2) is 22.0 Å². The number of rotatable bonds is 5. The predicted octanol–water partition coefficient (Wildman–Crippen LogP) is 5.38. The lowest BCUT2D eigenvalue weighted by Crippen LogP contribution is -2.07. The number of fused-ring (bicyclic) bond motifs is 1. The van der Waals surface area contributed by atoms with Gasteiger partial charge in [-0.3, -0.25) is 0 Å². The molecule has 0 aliphatic carbocycles. The van der Waals surface area contributed by atoms with Crippen molar-refractivity contribution in [1.29, 1.82) is 0 Å². The van der Waals surface area contributed by atoms with Crippen molar-refractivity contribution in [3.05, 3.63) is 70.6 Å². The van der Waals surface area contributed by atoms with E-state index in [-0.39, 0.29) is 5.82 Å². The number of anilines is 2. The molecule has 0 atom stereocenters. The summed E-state index contributed by atoms with van der Waals surface area (Å²) in [5.74, 6) is -0.00745. The van der Waals surface area contributed by atoms with Crippen LogP contribution in [0.25, 0.3) is 22.2 Å². The number of aryl methyl sites for hydroxylation is 1. The summed E-state index contributed by atoms with van der Waals surface area (Å²) in [7, 11) is 1.61. The van der Waals surface area contributed by atoms with Gasteiger partial charge in [0.05, 0.1) is 11.7 Å². The van der Waals surface area contributed by atoms with Crippen LogP contribution in [0, 0.1) is 12.7 Å². The van der Waals surface area contributed by atoms with E-state index in [1.807, 2.05) is 30.3 Å². The molecule has 28 heavy (non-hydrogen) atoms. The van der Waals surface area contributed by atoms with E-state index in [0.29, 0.717) is 17.5 Å². The van der Waals surface area contributed by atoms with E-state index >= 15 is 0 Å². The average Bonchev–Trinajstić information content (AvgIpc) is 3.04. The van der Waals surface area contributed by atoms with Gasteiger partial charge in [-0.25, -0.2) is 9.37 Å². The fourth-order valence-electron chi connectivity index (χ4n) is 3.29. The maximum absolute atomic E-state index is 13.6. The number of hydrogen-bond acceptors (Lipinski definition) is 4. The van der Waals surface area contributed by atoms with E-state index in [0.717, 1.165) is 39.5 Å². The summed E-state index contributed by atoms with van der Waals surface area (Å²) in [6.45, 7) is 2.52. The van der Waals surface area contributed by atoms with Crippen LogP contribution in [0.15, 0.2) is 48.7 Å². The smallest absolute Gasteiger partial charge is 0.225 e. The highest BCUT2D eigenvalue weighted by atomic mass is 35.5. The molecule has 0 saturated carbocycles. The number of nitrogens with one attached hydrogen (secondary N) is 3. The zero-order valence-corrected chi connectivity index (χ0v) is 16.2. The molecule has 2 aromatic carbocycles. The molecular weight excluding hydrogens is 377 g/mol. The second-order valence-corrected chi connectivity index (χ2v) is 6.91. The minimum absolute atomic E-state index is 0.149. The highest BCUT2D eigenvalue weighted by Crippen LogP contribution is 2.33. The lowest BCUT2D eigenvalue weighted by Gasteiger charge is -2.09. The largest absolute Gasteiger partial charge is 0.371 e. The lowest BCUT2D eigenvalue weighted by atomic mass is 10.1. The molecule has 0 bridgehead atoms. The third-order valence-corrected chi connectivity index (χ3v) is 4.91. The molecule has 0 saturated heterocycles. The number of benzene rings is 2. The Kier molecular flexibility index (Phi) is 4.88. The van der Waals surface area contributed by atoms with Crippen LogP contribution < -0.4 is 10.6 Å². The number of hydrogen-bond donors (Lipinski definition) is 3. The molecule has 142 valence electrons. The number of nitrogens with zero attached hydrogens (tertiary/aromatic N) is 2. The second kappa shape index (κ2) is 7.48. The Balaban J connectivity index is 1.71. The molecule has 2 heterocycles. The zero-order valence-electron chi connectivity index (χ0n) is 15.5. The Bertz CT molecular complexity index is 1140. The maximum Gasteiger partial charge on any atom is 0.225 e. The highest BCUT2D eigenvalue weighted by molar-refractivity contribution is 6.31. The fraction of sp³-hybridized carbons (Fsp3) is 0.143. The molecule has 0 aliphatic rings. The van der Waals surface area contributed by atoms with Crippen molar-refractivity contribution in [1.82, 2.24) is 15.0 Å². The average molecular weight is 396 g/mol.